The van der Waals surface area contributed by atoms with Gasteiger partial charge in [-0.2, -0.15) is 0 Å². The molecule has 0 saturated carbocycles. The fourth-order valence-electron chi connectivity index (χ4n) is 7.58. The van der Waals surface area contributed by atoms with Gasteiger partial charge in [-0.15, -0.1) is 0 Å². The molecule has 0 aliphatic heterocycles. The van der Waals surface area contributed by atoms with Crippen LogP contribution in [0.1, 0.15) is 0 Å². The number of hydrogen-bond donors (Lipinski definition) is 0. The molecule has 0 spiro atoms. The molecule has 9 rings (SSSR count). The molecule has 0 bridgehead atoms. The first kappa shape index (κ1) is 32.0. The maximum Gasteiger partial charge on any atom is 0.0540 e. The van der Waals surface area contributed by atoms with Crippen molar-refractivity contribution in [2.45, 2.75) is 0 Å². The Morgan fingerprint density at radius 3 is 1.34 bits per heavy atom. The lowest BCUT2D eigenvalue weighted by molar-refractivity contribution is 1.30. The molecule has 1 heteroatoms. The minimum absolute atomic E-state index is 1.09. The molecule has 250 valence electrons. The molecule has 0 atom stereocenters. The topological polar surface area (TPSA) is 3.24 Å². The zero-order valence-electron chi connectivity index (χ0n) is 29.3. The molecule has 0 aromatic heterocycles. The van der Waals surface area contributed by atoms with Gasteiger partial charge < -0.3 is 4.90 Å². The van der Waals surface area contributed by atoms with Gasteiger partial charge in [0.1, 0.15) is 0 Å². The summed E-state index contributed by atoms with van der Waals surface area (Å²) < 4.78 is 0. The summed E-state index contributed by atoms with van der Waals surface area (Å²) in [6.45, 7) is 0. The largest absolute Gasteiger partial charge is 0.310 e. The zero-order chi connectivity index (χ0) is 35.4. The lowest BCUT2D eigenvalue weighted by Gasteiger charge is -2.28. The minimum Gasteiger partial charge on any atom is -0.310 e. The zero-order valence-corrected chi connectivity index (χ0v) is 29.3. The highest BCUT2D eigenvalue weighted by molar-refractivity contribution is 6.00. The highest BCUT2D eigenvalue weighted by Gasteiger charge is 2.19. The molecule has 0 fully saturated rings. The summed E-state index contributed by atoms with van der Waals surface area (Å²) in [7, 11) is 0. The summed E-state index contributed by atoms with van der Waals surface area (Å²) in [5, 5.41) is 2.41. The lowest BCUT2D eigenvalue weighted by Crippen LogP contribution is -2.11. The van der Waals surface area contributed by atoms with Crippen LogP contribution in [0, 0.1) is 0 Å². The Morgan fingerprint density at radius 1 is 0.264 bits per heavy atom. The van der Waals surface area contributed by atoms with E-state index in [9.17, 15) is 0 Å². The summed E-state index contributed by atoms with van der Waals surface area (Å²) in [6.07, 6.45) is 0. The number of nitrogens with zero attached hydrogens (tertiary/aromatic N) is 1. The van der Waals surface area contributed by atoms with Crippen molar-refractivity contribution in [1.29, 1.82) is 0 Å². The Morgan fingerprint density at radius 2 is 0.717 bits per heavy atom. The predicted octanol–water partition coefficient (Wildman–Crippen LogP) is 14.6. The molecule has 0 aliphatic carbocycles. The second-order valence-corrected chi connectivity index (χ2v) is 13.3. The van der Waals surface area contributed by atoms with Crippen molar-refractivity contribution in [2.75, 3.05) is 4.90 Å². The molecule has 0 heterocycles. The molecule has 9 aromatic rings. The van der Waals surface area contributed by atoms with Crippen LogP contribution in [-0.4, -0.2) is 0 Å². The van der Waals surface area contributed by atoms with Crippen LogP contribution in [0.25, 0.3) is 66.4 Å². The van der Waals surface area contributed by atoms with Crippen LogP contribution < -0.4 is 4.90 Å². The molecular weight excluding hydrogens is 639 g/mol. The predicted molar refractivity (Wildman–Crippen MR) is 226 cm³/mol. The van der Waals surface area contributed by atoms with Gasteiger partial charge in [-0.25, -0.2) is 0 Å². The lowest BCUT2D eigenvalue weighted by atomic mass is 9.87. The van der Waals surface area contributed by atoms with Gasteiger partial charge in [0.2, 0.25) is 0 Å². The molecule has 0 unspecified atom stereocenters. The quantitative estimate of drug-likeness (QED) is 0.155. The Kier molecular flexibility index (Phi) is 8.66. The number of anilines is 3. The smallest absolute Gasteiger partial charge is 0.0540 e. The van der Waals surface area contributed by atoms with Crippen LogP contribution in [0.15, 0.2) is 224 Å². The average molecular weight is 676 g/mol. The maximum absolute atomic E-state index is 2.41. The van der Waals surface area contributed by atoms with E-state index < -0.39 is 0 Å². The SMILES string of the molecule is c1ccc(-c2ccc(N(c3ccc(-c4cccc(-c5ccccc5)c4-c4ccccc4)cc3)c3cccc4ccccc34)cc2-c2ccccc2)cc1. The fraction of sp³-hybridized carbons (Fsp3) is 0. The van der Waals surface area contributed by atoms with E-state index in [1.807, 2.05) is 0 Å². The number of hydrogen-bond acceptors (Lipinski definition) is 1. The summed E-state index contributed by atoms with van der Waals surface area (Å²) in [5.41, 5.74) is 15.4. The second kappa shape index (κ2) is 14.3. The van der Waals surface area contributed by atoms with E-state index in [1.165, 1.54) is 66.4 Å². The first-order chi connectivity index (χ1) is 26.3. The maximum atomic E-state index is 2.41. The third-order valence-electron chi connectivity index (χ3n) is 10.1. The monoisotopic (exact) mass is 675 g/mol. The van der Waals surface area contributed by atoms with Crippen molar-refractivity contribution in [1.82, 2.24) is 0 Å². The first-order valence-corrected chi connectivity index (χ1v) is 18.2. The third kappa shape index (κ3) is 6.30. The van der Waals surface area contributed by atoms with Gasteiger partial charge in [0.25, 0.3) is 0 Å². The Balaban J connectivity index is 1.22. The molecule has 0 aliphatic rings. The van der Waals surface area contributed by atoms with E-state index in [0.717, 1.165) is 17.1 Å². The number of rotatable bonds is 8. The standard InChI is InChI=1S/C52H37N/c1-5-17-38(18-6-1)46-36-35-45(37-50(46)41-21-9-3-10-22-41)53(51-30-15-26-39-23-13-14-27-47(39)51)44-33-31-42(32-34-44)49-29-16-28-48(40-19-7-2-8-20-40)52(49)43-24-11-4-12-25-43/h1-37H. The average Bonchev–Trinajstić information content (AvgIpc) is 3.25. The molecular formula is C52H37N. The minimum atomic E-state index is 1.09. The Labute approximate surface area is 311 Å². The van der Waals surface area contributed by atoms with Gasteiger partial charge in [0.15, 0.2) is 0 Å². The van der Waals surface area contributed by atoms with Crippen LogP contribution in [0.5, 0.6) is 0 Å². The Bertz CT molecular complexity index is 2620. The van der Waals surface area contributed by atoms with E-state index >= 15 is 0 Å². The van der Waals surface area contributed by atoms with Crippen molar-refractivity contribution in [3.63, 3.8) is 0 Å². The molecule has 1 nitrogen and oxygen atoms in total. The molecule has 9 aromatic carbocycles. The Hall–Kier alpha value is -6.96. The number of fused-ring (bicyclic) bond motifs is 1. The van der Waals surface area contributed by atoms with Crippen LogP contribution in [0.3, 0.4) is 0 Å². The van der Waals surface area contributed by atoms with Crippen LogP contribution in [0.4, 0.5) is 17.1 Å². The summed E-state index contributed by atoms with van der Waals surface area (Å²) in [4.78, 5) is 2.41. The van der Waals surface area contributed by atoms with Crippen LogP contribution in [-0.2, 0) is 0 Å². The highest BCUT2D eigenvalue weighted by Crippen LogP contribution is 2.45. The van der Waals surface area contributed by atoms with Gasteiger partial charge >= 0.3 is 0 Å². The van der Waals surface area contributed by atoms with Gasteiger partial charge in [0.05, 0.1) is 5.69 Å². The van der Waals surface area contributed by atoms with Crippen LogP contribution in [0.2, 0.25) is 0 Å². The molecule has 0 amide bonds. The van der Waals surface area contributed by atoms with Crippen molar-refractivity contribution < 1.29 is 0 Å². The first-order valence-electron chi connectivity index (χ1n) is 18.2. The second-order valence-electron chi connectivity index (χ2n) is 13.3. The van der Waals surface area contributed by atoms with E-state index in [-0.39, 0.29) is 0 Å². The van der Waals surface area contributed by atoms with Gasteiger partial charge in [-0.3, -0.25) is 0 Å². The van der Waals surface area contributed by atoms with E-state index in [1.54, 1.807) is 0 Å². The van der Waals surface area contributed by atoms with Crippen molar-refractivity contribution in [2.24, 2.45) is 0 Å². The van der Waals surface area contributed by atoms with Gasteiger partial charge in [-0.05, 0) is 91.4 Å². The van der Waals surface area contributed by atoms with Gasteiger partial charge in [-0.1, -0.05) is 194 Å². The van der Waals surface area contributed by atoms with Crippen molar-refractivity contribution >= 4 is 27.8 Å². The summed E-state index contributed by atoms with van der Waals surface area (Å²) >= 11 is 0. The van der Waals surface area contributed by atoms with E-state index in [2.05, 4.69) is 229 Å². The van der Waals surface area contributed by atoms with Crippen LogP contribution >= 0.6 is 0 Å². The normalized spacial score (nSPS) is 11.0. The number of benzene rings is 9. The molecule has 0 radical (unpaired) electrons. The van der Waals surface area contributed by atoms with E-state index in [0.29, 0.717) is 0 Å². The highest BCUT2D eigenvalue weighted by atomic mass is 15.1. The van der Waals surface area contributed by atoms with Crippen molar-refractivity contribution in [3.8, 4) is 55.6 Å². The summed E-state index contributed by atoms with van der Waals surface area (Å²) in [6, 6.07) is 80.8. The molecule has 53 heavy (non-hydrogen) atoms. The third-order valence-corrected chi connectivity index (χ3v) is 10.1. The van der Waals surface area contributed by atoms with Gasteiger partial charge in [0, 0.05) is 16.8 Å². The van der Waals surface area contributed by atoms with E-state index in [4.69, 9.17) is 0 Å². The van der Waals surface area contributed by atoms with Crippen molar-refractivity contribution in [3.05, 3.63) is 224 Å². The molecule has 0 saturated heterocycles. The fourth-order valence-corrected chi connectivity index (χ4v) is 7.58. The summed E-state index contributed by atoms with van der Waals surface area (Å²) in [5.74, 6) is 0. The molecule has 0 N–H and O–H groups in total.